The first-order valence-corrected chi connectivity index (χ1v) is 23.2. The molecule has 0 fully saturated rings. The standard InChI is InChI=1S/C62H56N4O/c1-61(2,3)47-35-36-53(44-21-10-7-11-22-44)58(39-47)65-43-64(56-33-16-17-34-57(56)65)49-27-18-29-51(41-49)67-52-30-19-28-50(42-52)66(59-40-48(37-38-63-59)62(4,5)6)60-54(45-23-12-8-13-24-45)31-20-32-55(60)46-25-14-9-15-26-46/h7-42H,43H2,1-6H3. The molecule has 0 amide bonds. The Balaban J connectivity index is 1.05. The summed E-state index contributed by atoms with van der Waals surface area (Å²) in [5.41, 5.74) is 15.8. The first-order valence-electron chi connectivity index (χ1n) is 23.2. The van der Waals surface area contributed by atoms with Gasteiger partial charge in [0.25, 0.3) is 0 Å². The number of benzene rings is 8. The number of hydrogen-bond acceptors (Lipinski definition) is 5. The van der Waals surface area contributed by atoms with Gasteiger partial charge in [-0.2, -0.15) is 0 Å². The number of rotatable bonds is 10. The fraction of sp³-hybridized carbons (Fsp3) is 0.145. The van der Waals surface area contributed by atoms with Crippen molar-refractivity contribution >= 4 is 39.9 Å². The lowest BCUT2D eigenvalue weighted by molar-refractivity contribution is 0.483. The predicted molar refractivity (Wildman–Crippen MR) is 281 cm³/mol. The van der Waals surface area contributed by atoms with Gasteiger partial charge in [0.05, 0.1) is 28.4 Å². The number of aromatic nitrogens is 1. The number of anilines is 7. The summed E-state index contributed by atoms with van der Waals surface area (Å²) >= 11 is 0. The molecule has 0 unspecified atom stereocenters. The maximum atomic E-state index is 6.89. The van der Waals surface area contributed by atoms with Gasteiger partial charge in [-0.15, -0.1) is 0 Å². The second-order valence-electron chi connectivity index (χ2n) is 19.4. The van der Waals surface area contributed by atoms with Gasteiger partial charge in [-0.25, -0.2) is 4.98 Å². The highest BCUT2D eigenvalue weighted by Gasteiger charge is 2.31. The molecule has 2 heterocycles. The van der Waals surface area contributed by atoms with Gasteiger partial charge >= 0.3 is 0 Å². The topological polar surface area (TPSA) is 31.8 Å². The normalized spacial score (nSPS) is 12.5. The lowest BCUT2D eigenvalue weighted by Gasteiger charge is -2.31. The monoisotopic (exact) mass is 872 g/mol. The van der Waals surface area contributed by atoms with Gasteiger partial charge in [0, 0.05) is 40.7 Å². The summed E-state index contributed by atoms with van der Waals surface area (Å²) in [5, 5.41) is 0. The maximum Gasteiger partial charge on any atom is 0.137 e. The zero-order valence-corrected chi connectivity index (χ0v) is 39.2. The second kappa shape index (κ2) is 17.8. The molecule has 10 rings (SSSR count). The number of ether oxygens (including phenoxy) is 1. The van der Waals surface area contributed by atoms with Gasteiger partial charge < -0.3 is 14.5 Å². The number of nitrogens with zero attached hydrogens (tertiary/aromatic N) is 4. The Hall–Kier alpha value is -7.89. The zero-order valence-electron chi connectivity index (χ0n) is 39.2. The third kappa shape index (κ3) is 8.81. The van der Waals surface area contributed by atoms with Crippen molar-refractivity contribution < 1.29 is 4.74 Å². The van der Waals surface area contributed by atoms with Gasteiger partial charge in [0.15, 0.2) is 0 Å². The molecule has 1 aliphatic rings. The largest absolute Gasteiger partial charge is 0.457 e. The van der Waals surface area contributed by atoms with E-state index < -0.39 is 0 Å². The molecule has 1 aliphatic heterocycles. The Morgan fingerprint density at radius 1 is 0.433 bits per heavy atom. The van der Waals surface area contributed by atoms with Crippen LogP contribution in [0.15, 0.2) is 219 Å². The van der Waals surface area contributed by atoms with Crippen LogP contribution in [0.2, 0.25) is 0 Å². The van der Waals surface area contributed by atoms with Gasteiger partial charge in [-0.05, 0) is 93.2 Å². The summed E-state index contributed by atoms with van der Waals surface area (Å²) < 4.78 is 6.89. The number of pyridine rings is 1. The fourth-order valence-electron chi connectivity index (χ4n) is 9.13. The number of hydrogen-bond donors (Lipinski definition) is 0. The van der Waals surface area contributed by atoms with Crippen LogP contribution in [0.25, 0.3) is 33.4 Å². The molecular weight excluding hydrogens is 817 g/mol. The molecule has 0 saturated carbocycles. The van der Waals surface area contributed by atoms with E-state index in [2.05, 4.69) is 256 Å². The van der Waals surface area contributed by atoms with E-state index in [0.29, 0.717) is 6.67 Å². The minimum absolute atomic E-state index is 0.00859. The third-order valence-corrected chi connectivity index (χ3v) is 12.7. The molecule has 5 nitrogen and oxygen atoms in total. The molecule has 330 valence electrons. The van der Waals surface area contributed by atoms with Crippen LogP contribution in [0.5, 0.6) is 11.5 Å². The molecule has 1 aromatic heterocycles. The van der Waals surface area contributed by atoms with Crippen molar-refractivity contribution in [2.45, 2.75) is 52.4 Å². The summed E-state index contributed by atoms with van der Waals surface area (Å²) in [6.45, 7) is 14.2. The van der Waals surface area contributed by atoms with Gasteiger partial charge in [-0.3, -0.25) is 4.90 Å². The first-order chi connectivity index (χ1) is 32.5. The molecule has 0 atom stereocenters. The quantitative estimate of drug-likeness (QED) is 0.137. The fourth-order valence-corrected chi connectivity index (χ4v) is 9.13. The van der Waals surface area contributed by atoms with E-state index in [1.165, 1.54) is 33.6 Å². The molecule has 0 bridgehead atoms. The molecule has 0 N–H and O–H groups in total. The SMILES string of the molecule is CC(C)(C)c1ccnc(N(c2cccc(Oc3cccc(N4CN(c5cc(C(C)(C)C)ccc5-c5ccccc5)c5ccccc54)c3)c2)c2c(-c3ccccc3)cccc2-c2ccccc2)c1. The minimum Gasteiger partial charge on any atom is -0.457 e. The van der Waals surface area contributed by atoms with Crippen LogP contribution in [-0.2, 0) is 10.8 Å². The van der Waals surface area contributed by atoms with Crippen LogP contribution in [0.4, 0.5) is 39.9 Å². The maximum absolute atomic E-state index is 6.89. The predicted octanol–water partition coefficient (Wildman–Crippen LogP) is 17.2. The van der Waals surface area contributed by atoms with E-state index in [4.69, 9.17) is 9.72 Å². The van der Waals surface area contributed by atoms with E-state index in [1.807, 2.05) is 18.3 Å². The van der Waals surface area contributed by atoms with E-state index in [0.717, 1.165) is 62.3 Å². The zero-order chi connectivity index (χ0) is 46.1. The van der Waals surface area contributed by atoms with E-state index >= 15 is 0 Å². The van der Waals surface area contributed by atoms with Crippen molar-refractivity contribution in [3.63, 3.8) is 0 Å². The summed E-state index contributed by atoms with van der Waals surface area (Å²) in [6, 6.07) is 75.5. The van der Waals surface area contributed by atoms with Gasteiger partial charge in [0.2, 0.25) is 0 Å². The van der Waals surface area contributed by atoms with Crippen LogP contribution in [-0.4, -0.2) is 11.7 Å². The average molecular weight is 873 g/mol. The Morgan fingerprint density at radius 2 is 0.955 bits per heavy atom. The van der Waals surface area contributed by atoms with Crippen molar-refractivity contribution in [3.05, 3.63) is 230 Å². The lowest BCUT2D eigenvalue weighted by atomic mass is 9.85. The molecule has 0 aliphatic carbocycles. The van der Waals surface area contributed by atoms with Crippen LogP contribution in [0, 0.1) is 0 Å². The highest BCUT2D eigenvalue weighted by molar-refractivity contribution is 5.97. The molecule has 8 aromatic carbocycles. The first kappa shape index (κ1) is 43.0. The summed E-state index contributed by atoms with van der Waals surface area (Å²) in [6.07, 6.45) is 1.93. The Labute approximate surface area is 396 Å². The lowest BCUT2D eigenvalue weighted by Crippen LogP contribution is -2.25. The Morgan fingerprint density at radius 3 is 1.57 bits per heavy atom. The summed E-state index contributed by atoms with van der Waals surface area (Å²) in [7, 11) is 0. The molecular formula is C62H56N4O. The average Bonchev–Trinajstić information content (AvgIpc) is 3.74. The van der Waals surface area contributed by atoms with Crippen LogP contribution in [0.1, 0.15) is 52.7 Å². The molecule has 9 aromatic rings. The van der Waals surface area contributed by atoms with Crippen molar-refractivity contribution in [1.29, 1.82) is 0 Å². The molecule has 0 saturated heterocycles. The van der Waals surface area contributed by atoms with Crippen molar-refractivity contribution in [2.24, 2.45) is 0 Å². The molecule has 0 radical (unpaired) electrons. The highest BCUT2D eigenvalue weighted by atomic mass is 16.5. The second-order valence-corrected chi connectivity index (χ2v) is 19.4. The molecule has 0 spiro atoms. The van der Waals surface area contributed by atoms with Gasteiger partial charge in [-0.1, -0.05) is 187 Å². The van der Waals surface area contributed by atoms with Crippen LogP contribution in [0.3, 0.4) is 0 Å². The minimum atomic E-state index is -0.0892. The molecule has 67 heavy (non-hydrogen) atoms. The Bertz CT molecular complexity index is 3110. The molecule has 5 heteroatoms. The Kier molecular flexibility index (Phi) is 11.4. The summed E-state index contributed by atoms with van der Waals surface area (Å²) in [4.78, 5) is 12.3. The summed E-state index contributed by atoms with van der Waals surface area (Å²) in [5.74, 6) is 2.30. The van der Waals surface area contributed by atoms with Crippen molar-refractivity contribution in [3.8, 4) is 44.9 Å². The number of para-hydroxylation sites is 3. The van der Waals surface area contributed by atoms with Crippen molar-refractivity contribution in [1.82, 2.24) is 4.98 Å². The highest BCUT2D eigenvalue weighted by Crippen LogP contribution is 2.50. The van der Waals surface area contributed by atoms with E-state index in [9.17, 15) is 0 Å². The van der Waals surface area contributed by atoms with E-state index in [-0.39, 0.29) is 10.8 Å². The van der Waals surface area contributed by atoms with Crippen LogP contribution < -0.4 is 19.4 Å². The smallest absolute Gasteiger partial charge is 0.137 e. The van der Waals surface area contributed by atoms with Gasteiger partial charge in [0.1, 0.15) is 24.0 Å². The van der Waals surface area contributed by atoms with E-state index in [1.54, 1.807) is 0 Å². The number of fused-ring (bicyclic) bond motifs is 1. The third-order valence-electron chi connectivity index (χ3n) is 12.7. The van der Waals surface area contributed by atoms with Crippen molar-refractivity contribution in [2.75, 3.05) is 21.4 Å². The van der Waals surface area contributed by atoms with Crippen LogP contribution >= 0.6 is 0 Å².